The van der Waals surface area contributed by atoms with Gasteiger partial charge in [-0.3, -0.25) is 9.89 Å². The third kappa shape index (κ3) is 2.76. The summed E-state index contributed by atoms with van der Waals surface area (Å²) >= 11 is 0. The zero-order valence-corrected chi connectivity index (χ0v) is 14.4. The van der Waals surface area contributed by atoms with Crippen molar-refractivity contribution in [3.8, 4) is 17.0 Å². The first-order chi connectivity index (χ1) is 13.1. The van der Waals surface area contributed by atoms with Gasteiger partial charge in [0, 0.05) is 29.8 Å². The van der Waals surface area contributed by atoms with Gasteiger partial charge in [0.1, 0.15) is 23.0 Å². The first-order valence-electron chi connectivity index (χ1n) is 8.66. The summed E-state index contributed by atoms with van der Waals surface area (Å²) < 4.78 is 14.6. The number of nitrogens with one attached hydrogen (secondary N) is 1. The van der Waals surface area contributed by atoms with E-state index in [4.69, 9.17) is 0 Å². The van der Waals surface area contributed by atoms with Gasteiger partial charge in [-0.05, 0) is 24.6 Å². The predicted molar refractivity (Wildman–Crippen MR) is 96.7 cm³/mol. The van der Waals surface area contributed by atoms with Crippen molar-refractivity contribution in [3.05, 3.63) is 71.2 Å². The number of phenols is 1. The summed E-state index contributed by atoms with van der Waals surface area (Å²) in [4.78, 5) is 14.4. The van der Waals surface area contributed by atoms with Crippen molar-refractivity contribution in [2.45, 2.75) is 12.5 Å². The Balaban J connectivity index is 1.91. The Morgan fingerprint density at radius 1 is 1.15 bits per heavy atom. The van der Waals surface area contributed by atoms with Gasteiger partial charge in [0.25, 0.3) is 5.91 Å². The molecule has 1 aliphatic rings. The molecule has 0 bridgehead atoms. The molecule has 0 unspecified atom stereocenters. The number of nitrogens with zero attached hydrogens (tertiary/aromatic N) is 2. The summed E-state index contributed by atoms with van der Waals surface area (Å²) in [6, 6.07) is 12.3. The number of carbonyl (C=O) groups is 1. The van der Waals surface area contributed by atoms with Crippen LogP contribution in [0.25, 0.3) is 11.3 Å². The molecule has 1 aliphatic heterocycles. The minimum atomic E-state index is -0.686. The third-order valence-corrected chi connectivity index (χ3v) is 4.78. The smallest absolute Gasteiger partial charge is 0.273 e. The topological polar surface area (TPSA) is 89.5 Å². The maximum atomic E-state index is 14.6. The number of hydrogen-bond donors (Lipinski definition) is 3. The molecule has 7 heteroatoms. The van der Waals surface area contributed by atoms with Crippen molar-refractivity contribution in [2.24, 2.45) is 0 Å². The summed E-state index contributed by atoms with van der Waals surface area (Å²) in [7, 11) is 0. The van der Waals surface area contributed by atoms with Crippen LogP contribution in [0.3, 0.4) is 0 Å². The van der Waals surface area contributed by atoms with E-state index in [-0.39, 0.29) is 30.5 Å². The number of hydrogen-bond acceptors (Lipinski definition) is 4. The molecule has 0 saturated heterocycles. The zero-order chi connectivity index (χ0) is 19.0. The molecular weight excluding hydrogens is 349 g/mol. The number of para-hydroxylation sites is 1. The van der Waals surface area contributed by atoms with Crippen LogP contribution >= 0.6 is 0 Å². The van der Waals surface area contributed by atoms with E-state index in [2.05, 4.69) is 10.2 Å². The maximum Gasteiger partial charge on any atom is 0.273 e. The molecule has 2 heterocycles. The van der Waals surface area contributed by atoms with Crippen LogP contribution < -0.4 is 0 Å². The molecule has 0 aliphatic carbocycles. The molecule has 1 aromatic heterocycles. The maximum absolute atomic E-state index is 14.6. The van der Waals surface area contributed by atoms with Gasteiger partial charge in [0.2, 0.25) is 0 Å². The van der Waals surface area contributed by atoms with Gasteiger partial charge in [-0.25, -0.2) is 4.39 Å². The normalized spacial score (nSPS) is 16.0. The average Bonchev–Trinajstić information content (AvgIpc) is 3.20. The first-order valence-corrected chi connectivity index (χ1v) is 8.66. The van der Waals surface area contributed by atoms with Crippen LogP contribution in [0.1, 0.15) is 34.1 Å². The fourth-order valence-electron chi connectivity index (χ4n) is 3.57. The molecule has 1 atom stereocenters. The molecule has 2 aromatic carbocycles. The lowest BCUT2D eigenvalue weighted by atomic mass is 9.95. The first kappa shape index (κ1) is 17.2. The monoisotopic (exact) mass is 367 g/mol. The van der Waals surface area contributed by atoms with Crippen LogP contribution in [0.15, 0.2) is 48.5 Å². The molecular formula is C20H18FN3O3. The van der Waals surface area contributed by atoms with Gasteiger partial charge >= 0.3 is 0 Å². The van der Waals surface area contributed by atoms with Crippen LogP contribution in [0, 0.1) is 5.82 Å². The number of H-pyrrole nitrogens is 1. The van der Waals surface area contributed by atoms with Gasteiger partial charge < -0.3 is 15.1 Å². The van der Waals surface area contributed by atoms with E-state index in [1.807, 2.05) is 0 Å². The summed E-state index contributed by atoms with van der Waals surface area (Å²) in [6.07, 6.45) is 0.375. The van der Waals surface area contributed by atoms with Crippen molar-refractivity contribution in [1.29, 1.82) is 0 Å². The number of aliphatic hydroxyl groups is 1. The second kappa shape index (κ2) is 6.85. The number of amides is 1. The van der Waals surface area contributed by atoms with Crippen molar-refractivity contribution in [2.75, 3.05) is 13.2 Å². The highest BCUT2D eigenvalue weighted by molar-refractivity contribution is 6.00. The Kier molecular flexibility index (Phi) is 4.37. The Hall–Kier alpha value is -3.19. The van der Waals surface area contributed by atoms with Crippen molar-refractivity contribution >= 4 is 5.91 Å². The number of aromatic hydroxyl groups is 1. The molecule has 0 radical (unpaired) electrons. The minimum absolute atomic E-state index is 0.0281. The van der Waals surface area contributed by atoms with E-state index in [0.717, 1.165) is 0 Å². The molecule has 4 rings (SSSR count). The Morgan fingerprint density at radius 3 is 2.63 bits per heavy atom. The molecule has 6 nitrogen and oxygen atoms in total. The van der Waals surface area contributed by atoms with Gasteiger partial charge in [0.05, 0.1) is 6.04 Å². The van der Waals surface area contributed by atoms with Crippen molar-refractivity contribution in [1.82, 2.24) is 15.1 Å². The number of phenolic OH excluding ortho intramolecular Hbond substituents is 1. The SMILES string of the molecule is O=C1c2[nH]nc(-c3ccccc3O)c2[C@H](c2ccccc2F)N1CCCO. The van der Waals surface area contributed by atoms with E-state index < -0.39 is 11.9 Å². The zero-order valence-electron chi connectivity index (χ0n) is 14.4. The number of aromatic nitrogens is 2. The van der Waals surface area contributed by atoms with Gasteiger partial charge in [-0.1, -0.05) is 30.3 Å². The largest absolute Gasteiger partial charge is 0.507 e. The Morgan fingerprint density at radius 2 is 1.89 bits per heavy atom. The molecule has 1 amide bonds. The number of benzene rings is 2. The number of aromatic amines is 1. The van der Waals surface area contributed by atoms with E-state index in [0.29, 0.717) is 28.8 Å². The lowest BCUT2D eigenvalue weighted by molar-refractivity contribution is 0.0730. The third-order valence-electron chi connectivity index (χ3n) is 4.78. The summed E-state index contributed by atoms with van der Waals surface area (Å²) in [5.41, 5.74) is 2.04. The van der Waals surface area contributed by atoms with Gasteiger partial charge in [0.15, 0.2) is 0 Å². The summed E-state index contributed by atoms with van der Waals surface area (Å²) in [5, 5.41) is 26.4. The average molecular weight is 367 g/mol. The fourth-order valence-corrected chi connectivity index (χ4v) is 3.57. The standard InChI is InChI=1S/C20H18FN3O3/c21-14-8-3-1-6-12(14)19-16-17(13-7-2-4-9-15(13)26)22-23-18(16)20(27)24(19)10-5-11-25/h1-4,6-9,19,25-26H,5,10-11H2,(H,22,23)/t19-/m0/s1. The molecule has 0 spiro atoms. The number of fused-ring (bicyclic) bond motifs is 1. The predicted octanol–water partition coefficient (Wildman–Crippen LogP) is 2.85. The van der Waals surface area contributed by atoms with Crippen molar-refractivity contribution < 1.29 is 19.4 Å². The Labute approximate surface area is 154 Å². The summed E-state index contributed by atoms with van der Waals surface area (Å²) in [6.45, 7) is 0.198. The van der Waals surface area contributed by atoms with Crippen LogP contribution in [0.5, 0.6) is 5.75 Å². The van der Waals surface area contributed by atoms with Crippen LogP contribution in [-0.4, -0.2) is 44.4 Å². The molecule has 3 N–H and O–H groups in total. The lowest BCUT2D eigenvalue weighted by Crippen LogP contribution is -2.31. The van der Waals surface area contributed by atoms with E-state index in [1.165, 1.54) is 17.0 Å². The second-order valence-corrected chi connectivity index (χ2v) is 6.38. The van der Waals surface area contributed by atoms with Crippen LogP contribution in [-0.2, 0) is 0 Å². The van der Waals surface area contributed by atoms with E-state index in [9.17, 15) is 19.4 Å². The van der Waals surface area contributed by atoms with Crippen molar-refractivity contribution in [3.63, 3.8) is 0 Å². The van der Waals surface area contributed by atoms with E-state index >= 15 is 0 Å². The van der Waals surface area contributed by atoms with Crippen LogP contribution in [0.2, 0.25) is 0 Å². The minimum Gasteiger partial charge on any atom is -0.507 e. The number of aliphatic hydroxyl groups excluding tert-OH is 1. The number of halogens is 1. The van der Waals surface area contributed by atoms with E-state index in [1.54, 1.807) is 36.4 Å². The Bertz CT molecular complexity index is 1000. The molecule has 3 aromatic rings. The lowest BCUT2D eigenvalue weighted by Gasteiger charge is -2.26. The molecule has 0 saturated carbocycles. The highest BCUT2D eigenvalue weighted by Crippen LogP contribution is 2.44. The van der Waals surface area contributed by atoms with Gasteiger partial charge in [-0.2, -0.15) is 5.10 Å². The molecule has 27 heavy (non-hydrogen) atoms. The highest BCUT2D eigenvalue weighted by atomic mass is 19.1. The number of carbonyl (C=O) groups excluding carboxylic acids is 1. The molecule has 138 valence electrons. The van der Waals surface area contributed by atoms with Crippen LogP contribution in [0.4, 0.5) is 4.39 Å². The highest BCUT2D eigenvalue weighted by Gasteiger charge is 2.43. The fraction of sp³-hybridized carbons (Fsp3) is 0.200. The van der Waals surface area contributed by atoms with Gasteiger partial charge in [-0.15, -0.1) is 0 Å². The quantitative estimate of drug-likeness (QED) is 0.647. The molecule has 0 fully saturated rings. The summed E-state index contributed by atoms with van der Waals surface area (Å²) in [5.74, 6) is -0.706. The number of rotatable bonds is 5. The second-order valence-electron chi connectivity index (χ2n) is 6.38.